The summed E-state index contributed by atoms with van der Waals surface area (Å²) in [6.45, 7) is 6.09. The van der Waals surface area contributed by atoms with Gasteiger partial charge in [-0.2, -0.15) is 0 Å². The van der Waals surface area contributed by atoms with Crippen molar-refractivity contribution in [1.29, 1.82) is 0 Å². The molecule has 2 aromatic rings. The molecule has 130 valence electrons. The molecule has 0 unspecified atom stereocenters. The number of ether oxygens (including phenoxy) is 1. The molecule has 25 heavy (non-hydrogen) atoms. The third kappa shape index (κ3) is 3.74. The standard InChI is InChI=1S/C19H21N3O3/c1-3-22(4-2)15-8-6-14(7-9-15)20-19(24)13-5-10-17-16(11-13)21-18(23)12-25-17/h5-11H,3-4,12H2,1-2H3,(H,20,24)(H,21,23). The molecule has 6 nitrogen and oxygen atoms in total. The van der Waals surface area contributed by atoms with Gasteiger partial charge in [-0.3, -0.25) is 9.59 Å². The first-order valence-electron chi connectivity index (χ1n) is 8.33. The molecule has 0 radical (unpaired) electrons. The minimum absolute atomic E-state index is 0.00255. The molecule has 6 heteroatoms. The van der Waals surface area contributed by atoms with Crippen molar-refractivity contribution >= 4 is 28.9 Å². The van der Waals surface area contributed by atoms with Gasteiger partial charge in [0.05, 0.1) is 5.69 Å². The molecule has 3 rings (SSSR count). The lowest BCUT2D eigenvalue weighted by Crippen LogP contribution is -2.25. The monoisotopic (exact) mass is 339 g/mol. The summed E-state index contributed by atoms with van der Waals surface area (Å²) in [5, 5.41) is 5.57. The number of amides is 2. The number of hydrogen-bond donors (Lipinski definition) is 2. The number of nitrogens with zero attached hydrogens (tertiary/aromatic N) is 1. The van der Waals surface area contributed by atoms with Crippen molar-refractivity contribution in [2.75, 3.05) is 35.2 Å². The van der Waals surface area contributed by atoms with Crippen molar-refractivity contribution in [2.24, 2.45) is 0 Å². The number of benzene rings is 2. The molecule has 0 aliphatic carbocycles. The maximum Gasteiger partial charge on any atom is 0.262 e. The average Bonchev–Trinajstić information content (AvgIpc) is 2.63. The van der Waals surface area contributed by atoms with E-state index >= 15 is 0 Å². The number of anilines is 3. The van der Waals surface area contributed by atoms with E-state index in [9.17, 15) is 9.59 Å². The topological polar surface area (TPSA) is 70.7 Å². The van der Waals surface area contributed by atoms with Crippen LogP contribution in [0.3, 0.4) is 0 Å². The Kier molecular flexibility index (Phi) is 4.88. The van der Waals surface area contributed by atoms with Crippen molar-refractivity contribution in [3.05, 3.63) is 48.0 Å². The summed E-state index contributed by atoms with van der Waals surface area (Å²) in [6.07, 6.45) is 0. The maximum absolute atomic E-state index is 12.4. The Balaban J connectivity index is 1.72. The molecule has 0 fully saturated rings. The first-order valence-corrected chi connectivity index (χ1v) is 8.33. The Bertz CT molecular complexity index is 783. The smallest absolute Gasteiger partial charge is 0.262 e. The summed E-state index contributed by atoms with van der Waals surface area (Å²) in [4.78, 5) is 26.1. The molecule has 2 N–H and O–H groups in total. The van der Waals surface area contributed by atoms with E-state index in [1.807, 2.05) is 24.3 Å². The van der Waals surface area contributed by atoms with Crippen LogP contribution in [-0.4, -0.2) is 31.5 Å². The summed E-state index contributed by atoms with van der Waals surface area (Å²) in [5.41, 5.74) is 2.81. The zero-order valence-electron chi connectivity index (χ0n) is 14.3. The highest BCUT2D eigenvalue weighted by Crippen LogP contribution is 2.28. The lowest BCUT2D eigenvalue weighted by atomic mass is 10.1. The van der Waals surface area contributed by atoms with Gasteiger partial charge in [0, 0.05) is 30.0 Å². The minimum Gasteiger partial charge on any atom is -0.482 e. The highest BCUT2D eigenvalue weighted by molar-refractivity contribution is 6.06. The largest absolute Gasteiger partial charge is 0.482 e. The Morgan fingerprint density at radius 1 is 1.16 bits per heavy atom. The molecular formula is C19H21N3O3. The van der Waals surface area contributed by atoms with Gasteiger partial charge >= 0.3 is 0 Å². The first-order chi connectivity index (χ1) is 12.1. The zero-order chi connectivity index (χ0) is 17.8. The molecule has 0 saturated heterocycles. The quantitative estimate of drug-likeness (QED) is 0.878. The van der Waals surface area contributed by atoms with Crippen LogP contribution in [0.4, 0.5) is 17.1 Å². The summed E-state index contributed by atoms with van der Waals surface area (Å²) in [6, 6.07) is 12.7. The molecule has 0 atom stereocenters. The van der Waals surface area contributed by atoms with Gasteiger partial charge in [0.1, 0.15) is 5.75 Å². The number of fused-ring (bicyclic) bond motifs is 1. The fourth-order valence-electron chi connectivity index (χ4n) is 2.77. The third-order valence-electron chi connectivity index (χ3n) is 4.13. The van der Waals surface area contributed by atoms with Crippen LogP contribution in [0.15, 0.2) is 42.5 Å². The second-order valence-electron chi connectivity index (χ2n) is 5.72. The predicted octanol–water partition coefficient (Wildman–Crippen LogP) is 3.12. The van der Waals surface area contributed by atoms with Gasteiger partial charge in [0.25, 0.3) is 11.8 Å². The average molecular weight is 339 g/mol. The van der Waals surface area contributed by atoms with Gasteiger partial charge in [-0.05, 0) is 56.3 Å². The van der Waals surface area contributed by atoms with Crippen LogP contribution in [0.5, 0.6) is 5.75 Å². The molecule has 2 aromatic carbocycles. The van der Waals surface area contributed by atoms with Crippen LogP contribution in [0.2, 0.25) is 0 Å². The van der Waals surface area contributed by atoms with Gasteiger partial charge in [-0.1, -0.05) is 0 Å². The minimum atomic E-state index is -0.238. The summed E-state index contributed by atoms with van der Waals surface area (Å²) in [5.74, 6) is 0.106. The normalized spacial score (nSPS) is 12.6. The lowest BCUT2D eigenvalue weighted by molar-refractivity contribution is -0.118. The van der Waals surface area contributed by atoms with Crippen LogP contribution < -0.4 is 20.3 Å². The molecule has 0 bridgehead atoms. The molecule has 1 aliphatic heterocycles. The molecule has 1 aliphatic rings. The molecule has 0 spiro atoms. The number of carbonyl (C=O) groups is 2. The van der Waals surface area contributed by atoms with Crippen LogP contribution in [-0.2, 0) is 4.79 Å². The predicted molar refractivity (Wildman–Crippen MR) is 98.5 cm³/mol. The van der Waals surface area contributed by atoms with Gasteiger partial charge in [0.2, 0.25) is 0 Å². The van der Waals surface area contributed by atoms with E-state index in [2.05, 4.69) is 29.4 Å². The van der Waals surface area contributed by atoms with Gasteiger partial charge in [0.15, 0.2) is 6.61 Å². The maximum atomic E-state index is 12.4. The number of rotatable bonds is 5. The van der Waals surface area contributed by atoms with Crippen molar-refractivity contribution in [3.8, 4) is 5.75 Å². The lowest BCUT2D eigenvalue weighted by Gasteiger charge is -2.21. The van der Waals surface area contributed by atoms with Gasteiger partial charge in [-0.15, -0.1) is 0 Å². The summed E-state index contributed by atoms with van der Waals surface area (Å²) < 4.78 is 5.30. The van der Waals surface area contributed by atoms with Crippen molar-refractivity contribution in [3.63, 3.8) is 0 Å². The molecule has 0 aromatic heterocycles. The van der Waals surface area contributed by atoms with Crippen molar-refractivity contribution in [1.82, 2.24) is 0 Å². The number of nitrogens with one attached hydrogen (secondary N) is 2. The Morgan fingerprint density at radius 2 is 1.88 bits per heavy atom. The Morgan fingerprint density at radius 3 is 2.56 bits per heavy atom. The SMILES string of the molecule is CCN(CC)c1ccc(NC(=O)c2ccc3c(c2)NC(=O)CO3)cc1. The molecule has 2 amide bonds. The van der Waals surface area contributed by atoms with Crippen molar-refractivity contribution in [2.45, 2.75) is 13.8 Å². The third-order valence-corrected chi connectivity index (χ3v) is 4.13. The zero-order valence-corrected chi connectivity index (χ0v) is 14.3. The van der Waals surface area contributed by atoms with E-state index in [0.717, 1.165) is 24.5 Å². The highest BCUT2D eigenvalue weighted by Gasteiger charge is 2.18. The highest BCUT2D eigenvalue weighted by atomic mass is 16.5. The van der Waals surface area contributed by atoms with Crippen LogP contribution in [0.1, 0.15) is 24.2 Å². The number of carbonyl (C=O) groups excluding carboxylic acids is 2. The summed E-state index contributed by atoms with van der Waals surface area (Å²) in [7, 11) is 0. The van der Waals surface area contributed by atoms with E-state index in [4.69, 9.17) is 4.74 Å². The second kappa shape index (κ2) is 7.25. The van der Waals surface area contributed by atoms with E-state index in [1.165, 1.54) is 0 Å². The van der Waals surface area contributed by atoms with Crippen molar-refractivity contribution < 1.29 is 14.3 Å². The van der Waals surface area contributed by atoms with E-state index < -0.39 is 0 Å². The molecule has 1 heterocycles. The van der Waals surface area contributed by atoms with Crippen LogP contribution in [0.25, 0.3) is 0 Å². The second-order valence-corrected chi connectivity index (χ2v) is 5.72. The van der Waals surface area contributed by atoms with Gasteiger partial charge < -0.3 is 20.3 Å². The van der Waals surface area contributed by atoms with Crippen LogP contribution >= 0.6 is 0 Å². The fourth-order valence-corrected chi connectivity index (χ4v) is 2.77. The van der Waals surface area contributed by atoms with Gasteiger partial charge in [-0.25, -0.2) is 0 Å². The summed E-state index contributed by atoms with van der Waals surface area (Å²) >= 11 is 0. The Hall–Kier alpha value is -3.02. The first kappa shape index (κ1) is 16.8. The Labute approximate surface area is 146 Å². The fraction of sp³-hybridized carbons (Fsp3) is 0.263. The van der Waals surface area contributed by atoms with E-state index in [-0.39, 0.29) is 18.4 Å². The van der Waals surface area contributed by atoms with E-state index in [1.54, 1.807) is 18.2 Å². The molecule has 0 saturated carbocycles. The van der Waals surface area contributed by atoms with Crippen LogP contribution in [0, 0.1) is 0 Å². The van der Waals surface area contributed by atoms with E-state index in [0.29, 0.717) is 17.0 Å². The molecular weight excluding hydrogens is 318 g/mol. The number of hydrogen-bond acceptors (Lipinski definition) is 4.